The summed E-state index contributed by atoms with van der Waals surface area (Å²) in [7, 11) is 0. The van der Waals surface area contributed by atoms with Crippen molar-refractivity contribution in [2.24, 2.45) is 10.8 Å². The number of carbonyl (C=O) groups excluding carboxylic acids is 2. The molecule has 0 aromatic heterocycles. The van der Waals surface area contributed by atoms with E-state index in [0.717, 1.165) is 0 Å². The van der Waals surface area contributed by atoms with Gasteiger partial charge in [0.2, 0.25) is 11.8 Å². The van der Waals surface area contributed by atoms with Crippen LogP contribution >= 0.6 is 0 Å². The highest BCUT2D eigenvalue weighted by molar-refractivity contribution is 6.15. The van der Waals surface area contributed by atoms with Crippen molar-refractivity contribution in [1.29, 1.82) is 0 Å². The number of nitrogens with two attached hydrogens (primary N) is 1. The minimum Gasteiger partial charge on any atom is -0.366 e. The summed E-state index contributed by atoms with van der Waals surface area (Å²) in [5.74, 6) is -1.38. The van der Waals surface area contributed by atoms with Crippen LogP contribution in [0.2, 0.25) is 0 Å². The van der Waals surface area contributed by atoms with Gasteiger partial charge in [-0.15, -0.1) is 0 Å². The maximum atomic E-state index is 11.7. The number of benzene rings is 2. The summed E-state index contributed by atoms with van der Waals surface area (Å²) in [5.41, 5.74) is 14.0. The van der Waals surface area contributed by atoms with Gasteiger partial charge in [-0.3, -0.25) is 9.59 Å². The number of carbonyl (C=O) groups is 2. The van der Waals surface area contributed by atoms with Crippen LogP contribution in [0.5, 0.6) is 0 Å². The highest BCUT2D eigenvalue weighted by atomic mass is 16.2. The summed E-state index contributed by atoms with van der Waals surface area (Å²) >= 11 is 0. The molecule has 0 aliphatic rings. The molecule has 0 aliphatic carbocycles. The number of azide groups is 1. The monoisotopic (exact) mass is 240 g/mol. The lowest BCUT2D eigenvalue weighted by Crippen LogP contribution is -2.12. The van der Waals surface area contributed by atoms with E-state index < -0.39 is 11.8 Å². The number of nitrogens with zero attached hydrogens (tertiary/aromatic N) is 3. The molecule has 0 unspecified atom stereocenters. The van der Waals surface area contributed by atoms with Gasteiger partial charge in [-0.25, -0.2) is 0 Å². The Bertz CT molecular complexity index is 697. The molecule has 2 amide bonds. The Hall–Kier alpha value is -2.85. The van der Waals surface area contributed by atoms with E-state index in [0.29, 0.717) is 10.8 Å². The van der Waals surface area contributed by atoms with Crippen LogP contribution in [-0.2, 0) is 0 Å². The number of primary amides is 1. The lowest BCUT2D eigenvalue weighted by Gasteiger charge is -2.06. The van der Waals surface area contributed by atoms with Crippen molar-refractivity contribution in [3.63, 3.8) is 0 Å². The highest BCUT2D eigenvalue weighted by Gasteiger charge is 2.14. The molecule has 2 rings (SSSR count). The van der Waals surface area contributed by atoms with Crippen LogP contribution in [-0.4, -0.2) is 11.8 Å². The average Bonchev–Trinajstić information content (AvgIpc) is 2.37. The maximum absolute atomic E-state index is 11.7. The van der Waals surface area contributed by atoms with Gasteiger partial charge < -0.3 is 5.73 Å². The Morgan fingerprint density at radius 3 is 2.28 bits per heavy atom. The molecule has 0 spiro atoms. The molecular formula is C12H8N4O2. The lowest BCUT2D eigenvalue weighted by atomic mass is 9.98. The summed E-state index contributed by atoms with van der Waals surface area (Å²) in [6, 6.07) is 9.82. The second-order valence-electron chi connectivity index (χ2n) is 3.57. The largest absolute Gasteiger partial charge is 0.366 e. The van der Waals surface area contributed by atoms with Crippen LogP contribution in [0, 0.1) is 0 Å². The van der Waals surface area contributed by atoms with E-state index in [-0.39, 0.29) is 11.1 Å². The molecule has 0 heterocycles. The number of hydrogen-bond acceptors (Lipinski definition) is 2. The van der Waals surface area contributed by atoms with Crippen LogP contribution in [0.25, 0.3) is 21.2 Å². The molecule has 6 nitrogen and oxygen atoms in total. The SMILES string of the molecule is [N-]=[N+]=NC(=O)c1cccc2cccc(C(N)=O)c12. The zero-order valence-corrected chi connectivity index (χ0v) is 9.20. The van der Waals surface area contributed by atoms with Crippen LogP contribution < -0.4 is 5.73 Å². The predicted octanol–water partition coefficient (Wildman–Crippen LogP) is 2.39. The Labute approximate surface area is 102 Å². The molecule has 0 aliphatic heterocycles. The van der Waals surface area contributed by atoms with E-state index in [1.165, 1.54) is 12.1 Å². The molecule has 0 radical (unpaired) electrons. The van der Waals surface area contributed by atoms with Gasteiger partial charge in [0.1, 0.15) is 0 Å². The molecule has 0 fully saturated rings. The van der Waals surface area contributed by atoms with E-state index >= 15 is 0 Å². The quantitative estimate of drug-likeness (QED) is 0.494. The highest BCUT2D eigenvalue weighted by Crippen LogP contribution is 2.23. The Balaban J connectivity index is 2.86. The number of fused-ring (bicyclic) bond motifs is 1. The minimum atomic E-state index is -0.739. The first-order valence-corrected chi connectivity index (χ1v) is 5.06. The number of hydrogen-bond donors (Lipinski definition) is 1. The molecule has 2 N–H and O–H groups in total. The van der Waals surface area contributed by atoms with Gasteiger partial charge in [-0.05, 0) is 22.1 Å². The van der Waals surface area contributed by atoms with Crippen molar-refractivity contribution in [1.82, 2.24) is 0 Å². The zero-order valence-electron chi connectivity index (χ0n) is 9.20. The third kappa shape index (κ3) is 1.88. The predicted molar refractivity (Wildman–Crippen MR) is 65.9 cm³/mol. The van der Waals surface area contributed by atoms with Crippen LogP contribution in [0.3, 0.4) is 0 Å². The van der Waals surface area contributed by atoms with Crippen molar-refractivity contribution >= 4 is 22.6 Å². The molecule has 0 saturated carbocycles. The third-order valence-electron chi connectivity index (χ3n) is 2.54. The molecule has 88 valence electrons. The Morgan fingerprint density at radius 1 is 1.11 bits per heavy atom. The average molecular weight is 240 g/mol. The van der Waals surface area contributed by atoms with Crippen molar-refractivity contribution < 1.29 is 9.59 Å². The van der Waals surface area contributed by atoms with E-state index in [1.54, 1.807) is 24.3 Å². The standard InChI is InChI=1S/C12H8N4O2/c13-11(17)8-5-1-3-7-4-2-6-9(10(7)8)12(18)15-16-14/h1-6H,(H2,13,17). The van der Waals surface area contributed by atoms with E-state index in [9.17, 15) is 9.59 Å². The van der Waals surface area contributed by atoms with Gasteiger partial charge in [-0.1, -0.05) is 30.3 Å². The second kappa shape index (κ2) is 4.57. The van der Waals surface area contributed by atoms with Gasteiger partial charge in [0, 0.05) is 21.4 Å². The molecule has 0 atom stereocenters. The van der Waals surface area contributed by atoms with Crippen LogP contribution in [0.15, 0.2) is 41.5 Å². The molecular weight excluding hydrogens is 232 g/mol. The minimum absolute atomic E-state index is 0.166. The van der Waals surface area contributed by atoms with Crippen LogP contribution in [0.1, 0.15) is 20.7 Å². The van der Waals surface area contributed by atoms with Crippen LogP contribution in [0.4, 0.5) is 0 Å². The summed E-state index contributed by atoms with van der Waals surface area (Å²) in [6.07, 6.45) is 0. The first-order valence-electron chi connectivity index (χ1n) is 5.06. The molecule has 6 heteroatoms. The Morgan fingerprint density at radius 2 is 1.72 bits per heavy atom. The smallest absolute Gasteiger partial charge is 0.249 e. The Kier molecular flexibility index (Phi) is 2.95. The van der Waals surface area contributed by atoms with Crippen molar-refractivity contribution in [2.75, 3.05) is 0 Å². The second-order valence-corrected chi connectivity index (χ2v) is 3.57. The summed E-state index contributed by atoms with van der Waals surface area (Å²) in [6.45, 7) is 0. The molecule has 0 bridgehead atoms. The maximum Gasteiger partial charge on any atom is 0.249 e. The number of rotatable bonds is 2. The molecule has 2 aromatic rings. The van der Waals surface area contributed by atoms with E-state index in [4.69, 9.17) is 11.3 Å². The van der Waals surface area contributed by atoms with Gasteiger partial charge in [-0.2, -0.15) is 0 Å². The summed E-state index contributed by atoms with van der Waals surface area (Å²) in [5, 5.41) is 4.13. The third-order valence-corrected chi connectivity index (χ3v) is 2.54. The van der Waals surface area contributed by atoms with Gasteiger partial charge in [0.15, 0.2) is 0 Å². The summed E-state index contributed by atoms with van der Waals surface area (Å²) in [4.78, 5) is 25.5. The lowest BCUT2D eigenvalue weighted by molar-refractivity contribution is 0.0998. The van der Waals surface area contributed by atoms with E-state index in [2.05, 4.69) is 10.0 Å². The fourth-order valence-corrected chi connectivity index (χ4v) is 1.82. The fourth-order valence-electron chi connectivity index (χ4n) is 1.82. The summed E-state index contributed by atoms with van der Waals surface area (Å²) < 4.78 is 0. The normalized spacial score (nSPS) is 9.78. The van der Waals surface area contributed by atoms with Gasteiger partial charge >= 0.3 is 0 Å². The number of amides is 2. The fraction of sp³-hybridized carbons (Fsp3) is 0. The van der Waals surface area contributed by atoms with Crippen molar-refractivity contribution in [3.05, 3.63) is 58.0 Å². The van der Waals surface area contributed by atoms with Gasteiger partial charge in [0.05, 0.1) is 0 Å². The van der Waals surface area contributed by atoms with Crippen molar-refractivity contribution in [3.8, 4) is 0 Å². The van der Waals surface area contributed by atoms with E-state index in [1.807, 2.05) is 0 Å². The van der Waals surface area contributed by atoms with Crippen molar-refractivity contribution in [2.45, 2.75) is 0 Å². The molecule has 18 heavy (non-hydrogen) atoms. The molecule has 0 saturated heterocycles. The zero-order chi connectivity index (χ0) is 13.1. The topological polar surface area (TPSA) is 109 Å². The molecule has 2 aromatic carbocycles. The van der Waals surface area contributed by atoms with Gasteiger partial charge in [0.25, 0.3) is 0 Å². The first-order chi connectivity index (χ1) is 8.65. The first kappa shape index (κ1) is 11.6.